The number of alkyl halides is 3. The SMILES string of the molecule is O=[N+]([O-])c1ccc(N2CCN(c3c([N+](=O)[O-])cc(C(F)(F)F)cc3[N+](=O)[O-])CC2)cc1N1CCOCC1. The summed E-state index contributed by atoms with van der Waals surface area (Å²) in [6, 6.07) is 5.24. The molecular weight excluding hydrogens is 505 g/mol. The molecule has 0 aromatic heterocycles. The number of piperazine rings is 1. The highest BCUT2D eigenvalue weighted by atomic mass is 19.4. The van der Waals surface area contributed by atoms with E-state index in [-0.39, 0.29) is 31.9 Å². The molecule has 0 spiro atoms. The van der Waals surface area contributed by atoms with Gasteiger partial charge in [-0.15, -0.1) is 0 Å². The molecule has 0 atom stereocenters. The Hall–Kier alpha value is -4.21. The van der Waals surface area contributed by atoms with Gasteiger partial charge in [0.05, 0.1) is 33.5 Å². The van der Waals surface area contributed by atoms with Crippen LogP contribution in [-0.4, -0.2) is 67.3 Å². The first-order valence-electron chi connectivity index (χ1n) is 11.1. The van der Waals surface area contributed by atoms with Crippen molar-refractivity contribution in [1.82, 2.24) is 0 Å². The molecule has 0 saturated carbocycles. The molecule has 0 unspecified atom stereocenters. The molecule has 2 aromatic rings. The van der Waals surface area contributed by atoms with Gasteiger partial charge < -0.3 is 19.4 Å². The zero-order valence-electron chi connectivity index (χ0n) is 19.2. The van der Waals surface area contributed by atoms with Crippen LogP contribution in [0.3, 0.4) is 0 Å². The first-order valence-corrected chi connectivity index (χ1v) is 11.1. The first kappa shape index (κ1) is 25.9. The number of halogens is 3. The van der Waals surface area contributed by atoms with E-state index in [0.717, 1.165) is 0 Å². The van der Waals surface area contributed by atoms with E-state index in [2.05, 4.69) is 0 Å². The number of nitro benzene ring substituents is 3. The van der Waals surface area contributed by atoms with Crippen molar-refractivity contribution in [2.45, 2.75) is 6.18 Å². The summed E-state index contributed by atoms with van der Waals surface area (Å²) in [5.74, 6) is 0. The van der Waals surface area contributed by atoms with Gasteiger partial charge in [-0.25, -0.2) is 0 Å². The third-order valence-electron chi connectivity index (χ3n) is 6.26. The largest absolute Gasteiger partial charge is 0.416 e. The molecule has 2 heterocycles. The monoisotopic (exact) mass is 526 g/mol. The normalized spacial score (nSPS) is 16.6. The molecule has 2 saturated heterocycles. The molecule has 2 fully saturated rings. The lowest BCUT2D eigenvalue weighted by Gasteiger charge is -2.37. The zero-order valence-corrected chi connectivity index (χ0v) is 19.2. The Labute approximate surface area is 207 Å². The Morgan fingerprint density at radius 3 is 1.70 bits per heavy atom. The maximum atomic E-state index is 13.2. The van der Waals surface area contributed by atoms with Crippen molar-refractivity contribution in [1.29, 1.82) is 0 Å². The highest BCUT2D eigenvalue weighted by Crippen LogP contribution is 2.43. The van der Waals surface area contributed by atoms with E-state index in [1.54, 1.807) is 12.1 Å². The second-order valence-electron chi connectivity index (χ2n) is 8.38. The van der Waals surface area contributed by atoms with Crippen molar-refractivity contribution in [2.24, 2.45) is 0 Å². The second kappa shape index (κ2) is 10.0. The number of hydrogen-bond donors (Lipinski definition) is 0. The van der Waals surface area contributed by atoms with Crippen molar-refractivity contribution in [3.8, 4) is 0 Å². The van der Waals surface area contributed by atoms with Crippen LogP contribution in [0, 0.1) is 30.3 Å². The maximum absolute atomic E-state index is 13.2. The number of morpholine rings is 1. The Morgan fingerprint density at radius 1 is 0.703 bits per heavy atom. The van der Waals surface area contributed by atoms with Gasteiger partial charge in [0, 0.05) is 63.2 Å². The number of anilines is 3. The number of ether oxygens (including phenoxy) is 1. The van der Waals surface area contributed by atoms with Crippen LogP contribution in [0.25, 0.3) is 0 Å². The summed E-state index contributed by atoms with van der Waals surface area (Å²) in [5.41, 5.74) is -2.97. The summed E-state index contributed by atoms with van der Waals surface area (Å²) in [6.07, 6.45) is -5.00. The van der Waals surface area contributed by atoms with E-state index in [9.17, 15) is 43.5 Å². The molecule has 0 amide bonds. The van der Waals surface area contributed by atoms with Gasteiger partial charge in [-0.3, -0.25) is 30.3 Å². The van der Waals surface area contributed by atoms with Crippen molar-refractivity contribution >= 4 is 34.1 Å². The Bertz CT molecular complexity index is 1190. The first-order chi connectivity index (χ1) is 17.5. The highest BCUT2D eigenvalue weighted by Gasteiger charge is 2.40. The molecule has 198 valence electrons. The van der Waals surface area contributed by atoms with Crippen LogP contribution >= 0.6 is 0 Å². The number of rotatable bonds is 6. The fraction of sp³-hybridized carbons (Fsp3) is 0.429. The van der Waals surface area contributed by atoms with Crippen molar-refractivity contribution in [2.75, 3.05) is 67.2 Å². The maximum Gasteiger partial charge on any atom is 0.416 e. The fourth-order valence-corrected chi connectivity index (χ4v) is 4.48. The lowest BCUT2D eigenvalue weighted by Crippen LogP contribution is -2.47. The van der Waals surface area contributed by atoms with E-state index in [0.29, 0.717) is 49.8 Å². The van der Waals surface area contributed by atoms with E-state index in [1.807, 2.05) is 9.80 Å². The van der Waals surface area contributed by atoms with Crippen LogP contribution in [0.15, 0.2) is 30.3 Å². The molecule has 13 nitrogen and oxygen atoms in total. The smallest absolute Gasteiger partial charge is 0.378 e. The second-order valence-corrected chi connectivity index (χ2v) is 8.38. The summed E-state index contributed by atoms with van der Waals surface area (Å²) in [4.78, 5) is 37.2. The standard InChI is InChI=1S/C21H21F3N6O7/c22-21(23,24)14-11-18(29(33)34)20(19(12-14)30(35)36)27-5-3-25(4-6-27)15-1-2-16(28(31)32)17(13-15)26-7-9-37-10-8-26/h1-2,11-13H,3-10H2. The molecule has 0 N–H and O–H groups in total. The average molecular weight is 526 g/mol. The minimum Gasteiger partial charge on any atom is -0.378 e. The molecule has 37 heavy (non-hydrogen) atoms. The zero-order chi connectivity index (χ0) is 26.9. The Morgan fingerprint density at radius 2 is 1.22 bits per heavy atom. The third kappa shape index (κ3) is 5.32. The minimum atomic E-state index is -5.00. The molecule has 2 aliphatic heterocycles. The number of nitro groups is 3. The molecule has 16 heteroatoms. The summed E-state index contributed by atoms with van der Waals surface area (Å²) < 4.78 is 45.0. The number of nitrogens with zero attached hydrogens (tertiary/aromatic N) is 6. The van der Waals surface area contributed by atoms with E-state index in [4.69, 9.17) is 4.74 Å². The van der Waals surface area contributed by atoms with Gasteiger partial charge in [-0.05, 0) is 12.1 Å². The van der Waals surface area contributed by atoms with Crippen LogP contribution in [0.2, 0.25) is 0 Å². The topological polar surface area (TPSA) is 148 Å². The molecule has 0 radical (unpaired) electrons. The molecule has 0 aliphatic carbocycles. The molecule has 0 bridgehead atoms. The molecule has 2 aromatic carbocycles. The molecule has 4 rings (SSSR count). The lowest BCUT2D eigenvalue weighted by molar-refractivity contribution is -0.393. The van der Waals surface area contributed by atoms with Crippen LogP contribution in [-0.2, 0) is 10.9 Å². The summed E-state index contributed by atoms with van der Waals surface area (Å²) in [6.45, 7) is 2.30. The summed E-state index contributed by atoms with van der Waals surface area (Å²) in [5, 5.41) is 34.7. The number of benzene rings is 2. The van der Waals surface area contributed by atoms with Crippen LogP contribution in [0.4, 0.5) is 47.3 Å². The Kier molecular flexibility index (Phi) is 7.02. The van der Waals surface area contributed by atoms with Crippen LogP contribution in [0.5, 0.6) is 0 Å². The predicted octanol–water partition coefficient (Wildman–Crippen LogP) is 3.59. The van der Waals surface area contributed by atoms with Gasteiger partial charge in [0.2, 0.25) is 0 Å². The van der Waals surface area contributed by atoms with Crippen molar-refractivity contribution < 1.29 is 32.7 Å². The van der Waals surface area contributed by atoms with Gasteiger partial charge in [0.1, 0.15) is 5.69 Å². The third-order valence-corrected chi connectivity index (χ3v) is 6.26. The van der Waals surface area contributed by atoms with Crippen LogP contribution < -0.4 is 14.7 Å². The van der Waals surface area contributed by atoms with Gasteiger partial charge in [-0.1, -0.05) is 0 Å². The van der Waals surface area contributed by atoms with E-state index in [1.165, 1.54) is 11.0 Å². The minimum absolute atomic E-state index is 0.0386. The lowest BCUT2D eigenvalue weighted by atomic mass is 10.1. The Balaban J connectivity index is 1.62. The van der Waals surface area contributed by atoms with Crippen molar-refractivity contribution in [3.63, 3.8) is 0 Å². The van der Waals surface area contributed by atoms with Crippen LogP contribution in [0.1, 0.15) is 5.56 Å². The van der Waals surface area contributed by atoms with Gasteiger partial charge in [-0.2, -0.15) is 13.2 Å². The average Bonchev–Trinajstić information content (AvgIpc) is 2.87. The van der Waals surface area contributed by atoms with Gasteiger partial charge in [0.25, 0.3) is 17.1 Å². The summed E-state index contributed by atoms with van der Waals surface area (Å²) >= 11 is 0. The fourth-order valence-electron chi connectivity index (χ4n) is 4.48. The van der Waals surface area contributed by atoms with Gasteiger partial charge >= 0.3 is 6.18 Å². The molecule has 2 aliphatic rings. The highest BCUT2D eigenvalue weighted by molar-refractivity contribution is 5.77. The predicted molar refractivity (Wildman–Crippen MR) is 125 cm³/mol. The van der Waals surface area contributed by atoms with Gasteiger partial charge in [0.15, 0.2) is 5.69 Å². The van der Waals surface area contributed by atoms with Crippen molar-refractivity contribution in [3.05, 3.63) is 66.2 Å². The molecular formula is C21H21F3N6O7. The quantitative estimate of drug-likeness (QED) is 0.404. The summed E-state index contributed by atoms with van der Waals surface area (Å²) in [7, 11) is 0. The number of hydrogen-bond acceptors (Lipinski definition) is 10. The van der Waals surface area contributed by atoms with E-state index >= 15 is 0 Å². The van der Waals surface area contributed by atoms with E-state index < -0.39 is 43.6 Å².